The molecule has 0 aliphatic rings. The van der Waals surface area contributed by atoms with Gasteiger partial charge in [-0.1, -0.05) is 0 Å². The van der Waals surface area contributed by atoms with Crippen LogP contribution in [0.3, 0.4) is 0 Å². The first-order chi connectivity index (χ1) is 11.2. The van der Waals surface area contributed by atoms with E-state index in [0.717, 1.165) is 17.0 Å². The SMILES string of the molecule is CNN(/C(=N\COC)c1ccc(O)cc1)c1ccc(OC)cc1. The molecule has 0 radical (unpaired) electrons. The monoisotopic (exact) mass is 315 g/mol. The molecule has 0 atom stereocenters. The zero-order valence-corrected chi connectivity index (χ0v) is 13.5. The Morgan fingerprint density at radius 2 is 1.74 bits per heavy atom. The number of nitrogens with zero attached hydrogens (tertiary/aromatic N) is 2. The maximum absolute atomic E-state index is 9.48. The lowest BCUT2D eigenvalue weighted by Gasteiger charge is -2.25. The van der Waals surface area contributed by atoms with Crippen LogP contribution in [0.2, 0.25) is 0 Å². The minimum Gasteiger partial charge on any atom is -0.508 e. The van der Waals surface area contributed by atoms with E-state index in [1.165, 1.54) is 0 Å². The number of benzene rings is 2. The van der Waals surface area contributed by atoms with Crippen LogP contribution in [0.5, 0.6) is 11.5 Å². The largest absolute Gasteiger partial charge is 0.508 e. The molecule has 2 aromatic carbocycles. The first-order valence-corrected chi connectivity index (χ1v) is 7.14. The topological polar surface area (TPSA) is 66.3 Å². The molecule has 2 aromatic rings. The second-order valence-electron chi connectivity index (χ2n) is 4.70. The summed E-state index contributed by atoms with van der Waals surface area (Å²) in [5.74, 6) is 1.67. The number of aromatic hydroxyl groups is 1. The minimum absolute atomic E-state index is 0.209. The van der Waals surface area contributed by atoms with Gasteiger partial charge in [0.1, 0.15) is 18.2 Å². The highest BCUT2D eigenvalue weighted by atomic mass is 16.5. The van der Waals surface area contributed by atoms with Gasteiger partial charge in [0.25, 0.3) is 0 Å². The average Bonchev–Trinajstić information content (AvgIpc) is 2.60. The van der Waals surface area contributed by atoms with Crippen molar-refractivity contribution in [2.45, 2.75) is 0 Å². The summed E-state index contributed by atoms with van der Waals surface area (Å²) in [6.45, 7) is 0.227. The summed E-state index contributed by atoms with van der Waals surface area (Å²) < 4.78 is 10.3. The molecule has 122 valence electrons. The highest BCUT2D eigenvalue weighted by molar-refractivity contribution is 6.09. The number of nitrogens with one attached hydrogen (secondary N) is 1. The van der Waals surface area contributed by atoms with Crippen molar-refractivity contribution in [2.24, 2.45) is 4.99 Å². The molecule has 0 fully saturated rings. The van der Waals surface area contributed by atoms with Crippen LogP contribution in [0.25, 0.3) is 0 Å². The Labute approximate surface area is 136 Å². The molecule has 0 saturated carbocycles. The van der Waals surface area contributed by atoms with Crippen molar-refractivity contribution < 1.29 is 14.6 Å². The van der Waals surface area contributed by atoms with Crippen LogP contribution in [-0.4, -0.2) is 38.9 Å². The van der Waals surface area contributed by atoms with E-state index in [1.807, 2.05) is 36.3 Å². The van der Waals surface area contributed by atoms with Crippen molar-refractivity contribution in [3.05, 3.63) is 54.1 Å². The van der Waals surface area contributed by atoms with E-state index in [0.29, 0.717) is 5.84 Å². The average molecular weight is 315 g/mol. The lowest BCUT2D eigenvalue weighted by atomic mass is 10.2. The Bertz CT molecular complexity index is 639. The molecule has 0 bridgehead atoms. The van der Waals surface area contributed by atoms with E-state index in [-0.39, 0.29) is 12.5 Å². The van der Waals surface area contributed by atoms with Crippen molar-refractivity contribution in [3.8, 4) is 11.5 Å². The molecule has 0 saturated heterocycles. The number of anilines is 1. The number of hydrazine groups is 1. The molecule has 0 unspecified atom stereocenters. The Kier molecular flexibility index (Phi) is 5.96. The van der Waals surface area contributed by atoms with Crippen molar-refractivity contribution in [1.29, 1.82) is 0 Å². The molecule has 0 aromatic heterocycles. The highest BCUT2D eigenvalue weighted by Crippen LogP contribution is 2.21. The standard InChI is InChI=1S/C17H21N3O3/c1-18-20(14-6-10-16(23-3)11-7-14)17(19-12-22-2)13-4-8-15(21)9-5-13/h4-11,18,21H,12H2,1-3H3/b19-17-. The van der Waals surface area contributed by atoms with E-state index in [9.17, 15) is 5.11 Å². The number of methoxy groups -OCH3 is 2. The molecule has 2 N–H and O–H groups in total. The molecule has 2 rings (SSSR count). The molecular weight excluding hydrogens is 294 g/mol. The second kappa shape index (κ2) is 8.17. The number of aliphatic imine (C=N–C) groups is 1. The number of phenols is 1. The summed E-state index contributed by atoms with van der Waals surface area (Å²) in [7, 11) is 5.04. The van der Waals surface area contributed by atoms with Crippen molar-refractivity contribution in [2.75, 3.05) is 33.0 Å². The second-order valence-corrected chi connectivity index (χ2v) is 4.70. The summed E-state index contributed by atoms with van der Waals surface area (Å²) in [5, 5.41) is 11.3. The quantitative estimate of drug-likeness (QED) is 0.487. The molecular formula is C17H21N3O3. The zero-order chi connectivity index (χ0) is 16.7. The van der Waals surface area contributed by atoms with Gasteiger partial charge in [-0.25, -0.2) is 10.4 Å². The van der Waals surface area contributed by atoms with E-state index in [1.54, 1.807) is 38.5 Å². The van der Waals surface area contributed by atoms with Gasteiger partial charge in [0.05, 0.1) is 12.8 Å². The molecule has 0 amide bonds. The Balaban J connectivity index is 2.39. The molecule has 6 nitrogen and oxygen atoms in total. The van der Waals surface area contributed by atoms with Crippen molar-refractivity contribution >= 4 is 11.5 Å². The number of hydrogen-bond donors (Lipinski definition) is 2. The lowest BCUT2D eigenvalue weighted by Crippen LogP contribution is -2.41. The van der Waals surface area contributed by atoms with Gasteiger partial charge < -0.3 is 14.6 Å². The van der Waals surface area contributed by atoms with Crippen LogP contribution in [0, 0.1) is 0 Å². The van der Waals surface area contributed by atoms with Gasteiger partial charge in [0, 0.05) is 19.7 Å². The third kappa shape index (κ3) is 4.21. The van der Waals surface area contributed by atoms with Gasteiger partial charge >= 0.3 is 0 Å². The fourth-order valence-electron chi connectivity index (χ4n) is 2.12. The maximum Gasteiger partial charge on any atom is 0.152 e. The van der Waals surface area contributed by atoms with Gasteiger partial charge in [-0.05, 0) is 48.5 Å². The molecule has 0 spiro atoms. The first kappa shape index (κ1) is 16.8. The van der Waals surface area contributed by atoms with E-state index >= 15 is 0 Å². The summed E-state index contributed by atoms with van der Waals surface area (Å²) in [4.78, 5) is 4.48. The molecule has 0 aliphatic carbocycles. The Hall–Kier alpha value is -2.57. The number of phenolic OH excluding ortho intramolecular Hbond substituents is 1. The van der Waals surface area contributed by atoms with Crippen molar-refractivity contribution in [1.82, 2.24) is 5.43 Å². The summed E-state index contributed by atoms with van der Waals surface area (Å²) in [6.07, 6.45) is 0. The van der Waals surface area contributed by atoms with Gasteiger partial charge in [-0.2, -0.15) is 0 Å². The maximum atomic E-state index is 9.48. The third-order valence-electron chi connectivity index (χ3n) is 3.23. The zero-order valence-electron chi connectivity index (χ0n) is 13.5. The van der Waals surface area contributed by atoms with Gasteiger partial charge in [0.15, 0.2) is 5.84 Å². The normalized spacial score (nSPS) is 11.3. The van der Waals surface area contributed by atoms with Crippen LogP contribution in [0.4, 0.5) is 5.69 Å². The van der Waals surface area contributed by atoms with Gasteiger partial charge in [-0.15, -0.1) is 0 Å². The molecule has 6 heteroatoms. The smallest absolute Gasteiger partial charge is 0.152 e. The first-order valence-electron chi connectivity index (χ1n) is 7.14. The minimum atomic E-state index is 0.209. The number of amidine groups is 1. The lowest BCUT2D eigenvalue weighted by molar-refractivity contribution is 0.209. The molecule has 0 aliphatic heterocycles. The number of hydrogen-bond acceptors (Lipinski definition) is 5. The predicted molar refractivity (Wildman–Crippen MR) is 91.1 cm³/mol. The Morgan fingerprint density at radius 3 is 2.26 bits per heavy atom. The van der Waals surface area contributed by atoms with Crippen LogP contribution < -0.4 is 15.2 Å². The highest BCUT2D eigenvalue weighted by Gasteiger charge is 2.14. The van der Waals surface area contributed by atoms with Crippen LogP contribution >= 0.6 is 0 Å². The summed E-state index contributed by atoms with van der Waals surface area (Å²) in [6, 6.07) is 14.5. The summed E-state index contributed by atoms with van der Waals surface area (Å²) in [5.41, 5.74) is 4.87. The van der Waals surface area contributed by atoms with Crippen LogP contribution in [0.15, 0.2) is 53.5 Å². The van der Waals surface area contributed by atoms with Gasteiger partial charge in [-0.3, -0.25) is 5.01 Å². The van der Waals surface area contributed by atoms with Gasteiger partial charge in [0.2, 0.25) is 0 Å². The number of ether oxygens (including phenoxy) is 2. The Morgan fingerprint density at radius 1 is 1.09 bits per heavy atom. The third-order valence-corrected chi connectivity index (χ3v) is 3.23. The molecule has 23 heavy (non-hydrogen) atoms. The molecule has 0 heterocycles. The number of rotatable bonds is 6. The fourth-order valence-corrected chi connectivity index (χ4v) is 2.12. The van der Waals surface area contributed by atoms with Crippen molar-refractivity contribution in [3.63, 3.8) is 0 Å². The fraction of sp³-hybridized carbons (Fsp3) is 0.235. The summed E-state index contributed by atoms with van der Waals surface area (Å²) >= 11 is 0. The van der Waals surface area contributed by atoms with E-state index in [2.05, 4.69) is 10.4 Å². The predicted octanol–water partition coefficient (Wildman–Crippen LogP) is 2.39. The van der Waals surface area contributed by atoms with Crippen LogP contribution in [-0.2, 0) is 4.74 Å². The van der Waals surface area contributed by atoms with Crippen LogP contribution in [0.1, 0.15) is 5.56 Å². The van der Waals surface area contributed by atoms with E-state index < -0.39 is 0 Å². The van der Waals surface area contributed by atoms with E-state index in [4.69, 9.17) is 9.47 Å².